The van der Waals surface area contributed by atoms with Gasteiger partial charge in [-0.1, -0.05) is 0 Å². The third kappa shape index (κ3) is 6.89. The highest BCUT2D eigenvalue weighted by atomic mass is 35.5. The Morgan fingerprint density at radius 1 is 1.42 bits per heavy atom. The molecule has 0 saturated heterocycles. The minimum absolute atomic E-state index is 0.0158. The van der Waals surface area contributed by atoms with E-state index in [-0.39, 0.29) is 5.54 Å². The summed E-state index contributed by atoms with van der Waals surface area (Å²) in [4.78, 5) is 0. The van der Waals surface area contributed by atoms with Gasteiger partial charge in [0.2, 0.25) is 0 Å². The molecule has 0 aliphatic rings. The van der Waals surface area contributed by atoms with Crippen molar-refractivity contribution in [3.8, 4) is 0 Å². The molecule has 0 amide bonds. The van der Waals surface area contributed by atoms with Gasteiger partial charge in [-0.3, -0.25) is 0 Å². The standard InChI is InChI=1S/C9H20ClNO/c1-8(2)12-6-5-11-9(3,4)7-10/h8,11H,5-7H2,1-4H3. The molecule has 0 fully saturated rings. The van der Waals surface area contributed by atoms with E-state index in [0.717, 1.165) is 13.2 Å². The summed E-state index contributed by atoms with van der Waals surface area (Å²) in [5.74, 6) is 0.620. The van der Waals surface area contributed by atoms with Gasteiger partial charge in [0.05, 0.1) is 12.7 Å². The minimum atomic E-state index is 0.0158. The van der Waals surface area contributed by atoms with E-state index in [9.17, 15) is 0 Å². The van der Waals surface area contributed by atoms with E-state index in [1.807, 2.05) is 13.8 Å². The summed E-state index contributed by atoms with van der Waals surface area (Å²) in [5.41, 5.74) is 0.0158. The van der Waals surface area contributed by atoms with Crippen LogP contribution in [0.2, 0.25) is 0 Å². The number of nitrogens with one attached hydrogen (secondary N) is 1. The number of hydrogen-bond donors (Lipinski definition) is 1. The van der Waals surface area contributed by atoms with Gasteiger partial charge < -0.3 is 10.1 Å². The zero-order chi connectivity index (χ0) is 9.61. The fourth-order valence-electron chi connectivity index (χ4n) is 0.731. The second-order valence-corrected chi connectivity index (χ2v) is 4.13. The van der Waals surface area contributed by atoms with Crippen molar-refractivity contribution < 1.29 is 4.74 Å². The van der Waals surface area contributed by atoms with Crippen LogP contribution < -0.4 is 5.32 Å². The Hall–Kier alpha value is 0.210. The first-order valence-electron chi connectivity index (χ1n) is 4.40. The molecule has 0 heterocycles. The largest absolute Gasteiger partial charge is 0.377 e. The van der Waals surface area contributed by atoms with E-state index in [0.29, 0.717) is 12.0 Å². The minimum Gasteiger partial charge on any atom is -0.377 e. The molecule has 2 nitrogen and oxygen atoms in total. The Labute approximate surface area is 80.6 Å². The van der Waals surface area contributed by atoms with Gasteiger partial charge in [0.15, 0.2) is 0 Å². The maximum atomic E-state index is 5.73. The highest BCUT2D eigenvalue weighted by Crippen LogP contribution is 2.03. The van der Waals surface area contributed by atoms with Crippen molar-refractivity contribution in [1.29, 1.82) is 0 Å². The molecule has 74 valence electrons. The molecule has 0 spiro atoms. The van der Waals surface area contributed by atoms with Gasteiger partial charge in [0, 0.05) is 18.0 Å². The Bertz CT molecular complexity index is 115. The van der Waals surface area contributed by atoms with E-state index in [2.05, 4.69) is 19.2 Å². The van der Waals surface area contributed by atoms with Crippen LogP contribution in [-0.4, -0.2) is 30.7 Å². The zero-order valence-electron chi connectivity index (χ0n) is 8.48. The number of ether oxygens (including phenoxy) is 1. The lowest BCUT2D eigenvalue weighted by molar-refractivity contribution is 0.0776. The molecule has 0 radical (unpaired) electrons. The Kier molecular flexibility index (Phi) is 5.89. The summed E-state index contributed by atoms with van der Waals surface area (Å²) in [6.07, 6.45) is 0.311. The van der Waals surface area contributed by atoms with Crippen LogP contribution in [0.25, 0.3) is 0 Å². The lowest BCUT2D eigenvalue weighted by atomic mass is 10.1. The van der Waals surface area contributed by atoms with Gasteiger partial charge in [-0.15, -0.1) is 11.6 Å². The molecule has 0 saturated carbocycles. The first kappa shape index (κ1) is 12.2. The van der Waals surface area contributed by atoms with E-state index >= 15 is 0 Å². The van der Waals surface area contributed by atoms with Gasteiger partial charge in [0.25, 0.3) is 0 Å². The number of rotatable bonds is 6. The summed E-state index contributed by atoms with van der Waals surface area (Å²) in [7, 11) is 0. The average molecular weight is 194 g/mol. The van der Waals surface area contributed by atoms with E-state index < -0.39 is 0 Å². The van der Waals surface area contributed by atoms with Crippen LogP contribution >= 0.6 is 11.6 Å². The maximum absolute atomic E-state index is 5.73. The molecule has 0 rings (SSSR count). The van der Waals surface area contributed by atoms with Crippen LogP contribution in [0.3, 0.4) is 0 Å². The van der Waals surface area contributed by atoms with Crippen LogP contribution in [0.5, 0.6) is 0 Å². The predicted octanol–water partition coefficient (Wildman–Crippen LogP) is 2.02. The van der Waals surface area contributed by atoms with Gasteiger partial charge in [-0.05, 0) is 27.7 Å². The van der Waals surface area contributed by atoms with Crippen molar-refractivity contribution in [2.24, 2.45) is 0 Å². The molecule has 0 aliphatic heterocycles. The van der Waals surface area contributed by atoms with Crippen molar-refractivity contribution in [2.75, 3.05) is 19.0 Å². The number of hydrogen-bond acceptors (Lipinski definition) is 2. The lowest BCUT2D eigenvalue weighted by Gasteiger charge is -2.23. The summed E-state index contributed by atoms with van der Waals surface area (Å²) in [6, 6.07) is 0. The van der Waals surface area contributed by atoms with Crippen molar-refractivity contribution in [3.05, 3.63) is 0 Å². The second kappa shape index (κ2) is 5.79. The second-order valence-electron chi connectivity index (χ2n) is 3.86. The summed E-state index contributed by atoms with van der Waals surface area (Å²) < 4.78 is 5.38. The fourth-order valence-corrected chi connectivity index (χ4v) is 0.826. The molecule has 0 aromatic rings. The zero-order valence-corrected chi connectivity index (χ0v) is 9.24. The van der Waals surface area contributed by atoms with Crippen LogP contribution in [-0.2, 0) is 4.74 Å². The van der Waals surface area contributed by atoms with Gasteiger partial charge in [0.1, 0.15) is 0 Å². The van der Waals surface area contributed by atoms with E-state index in [1.54, 1.807) is 0 Å². The third-order valence-corrected chi connectivity index (χ3v) is 2.16. The quantitative estimate of drug-likeness (QED) is 0.515. The molecular formula is C9H20ClNO. The molecular weight excluding hydrogens is 174 g/mol. The summed E-state index contributed by atoms with van der Waals surface area (Å²) in [6.45, 7) is 9.83. The normalized spacial score (nSPS) is 12.5. The molecule has 0 unspecified atom stereocenters. The van der Waals surface area contributed by atoms with Crippen molar-refractivity contribution in [2.45, 2.75) is 39.3 Å². The predicted molar refractivity (Wildman–Crippen MR) is 53.9 cm³/mol. The average Bonchev–Trinajstić information content (AvgIpc) is 1.98. The molecule has 12 heavy (non-hydrogen) atoms. The van der Waals surface area contributed by atoms with Crippen LogP contribution in [0, 0.1) is 0 Å². The van der Waals surface area contributed by atoms with E-state index in [4.69, 9.17) is 16.3 Å². The lowest BCUT2D eigenvalue weighted by Crippen LogP contribution is -2.42. The van der Waals surface area contributed by atoms with Gasteiger partial charge >= 0.3 is 0 Å². The van der Waals surface area contributed by atoms with Crippen LogP contribution in [0.4, 0.5) is 0 Å². The first-order valence-corrected chi connectivity index (χ1v) is 4.94. The summed E-state index contributed by atoms with van der Waals surface area (Å²) in [5, 5.41) is 3.31. The maximum Gasteiger partial charge on any atom is 0.0594 e. The SMILES string of the molecule is CC(C)OCCNC(C)(C)CCl. The van der Waals surface area contributed by atoms with Crippen molar-refractivity contribution >= 4 is 11.6 Å². The Morgan fingerprint density at radius 3 is 2.42 bits per heavy atom. The molecule has 0 bridgehead atoms. The topological polar surface area (TPSA) is 21.3 Å². The monoisotopic (exact) mass is 193 g/mol. The summed E-state index contributed by atoms with van der Waals surface area (Å²) >= 11 is 5.73. The molecule has 0 aromatic heterocycles. The smallest absolute Gasteiger partial charge is 0.0594 e. The van der Waals surface area contributed by atoms with Crippen molar-refractivity contribution in [1.82, 2.24) is 5.32 Å². The van der Waals surface area contributed by atoms with Gasteiger partial charge in [-0.25, -0.2) is 0 Å². The van der Waals surface area contributed by atoms with Gasteiger partial charge in [-0.2, -0.15) is 0 Å². The first-order chi connectivity index (χ1) is 5.48. The van der Waals surface area contributed by atoms with Crippen LogP contribution in [0.15, 0.2) is 0 Å². The number of halogens is 1. The van der Waals surface area contributed by atoms with Crippen LogP contribution in [0.1, 0.15) is 27.7 Å². The molecule has 0 aliphatic carbocycles. The van der Waals surface area contributed by atoms with Crippen molar-refractivity contribution in [3.63, 3.8) is 0 Å². The molecule has 3 heteroatoms. The molecule has 0 atom stereocenters. The fraction of sp³-hybridized carbons (Fsp3) is 1.00. The number of alkyl halides is 1. The Morgan fingerprint density at radius 2 is 2.00 bits per heavy atom. The Balaban J connectivity index is 3.31. The highest BCUT2D eigenvalue weighted by molar-refractivity contribution is 6.18. The molecule has 1 N–H and O–H groups in total. The molecule has 0 aromatic carbocycles. The third-order valence-electron chi connectivity index (χ3n) is 1.49. The highest BCUT2D eigenvalue weighted by Gasteiger charge is 2.13. The van der Waals surface area contributed by atoms with E-state index in [1.165, 1.54) is 0 Å².